The number of aromatic nitrogens is 3. The lowest BCUT2D eigenvalue weighted by atomic mass is 9.97. The quantitative estimate of drug-likeness (QED) is 0.579. The number of likely N-dealkylation sites (tertiary alicyclic amines) is 1. The molecule has 0 aliphatic carbocycles. The summed E-state index contributed by atoms with van der Waals surface area (Å²) in [6.45, 7) is 10.4. The molecule has 2 N–H and O–H groups in total. The van der Waals surface area contributed by atoms with Gasteiger partial charge in [-0.2, -0.15) is 5.10 Å². The molecular formula is C16H31N7. The monoisotopic (exact) mass is 321 g/mol. The lowest BCUT2D eigenvalue weighted by Gasteiger charge is -2.32. The van der Waals surface area contributed by atoms with Crippen molar-refractivity contribution in [2.75, 3.05) is 32.7 Å². The Balaban J connectivity index is 1.77. The molecule has 1 saturated heterocycles. The molecule has 1 fully saturated rings. The second kappa shape index (κ2) is 9.50. The van der Waals surface area contributed by atoms with Crippen LogP contribution in [0.4, 0.5) is 0 Å². The third-order valence-electron chi connectivity index (χ3n) is 4.33. The summed E-state index contributed by atoms with van der Waals surface area (Å²) in [5, 5.41) is 10.9. The molecule has 7 nitrogen and oxygen atoms in total. The minimum absolute atomic E-state index is 0.542. The van der Waals surface area contributed by atoms with Gasteiger partial charge in [0.05, 0.1) is 0 Å². The summed E-state index contributed by atoms with van der Waals surface area (Å²) >= 11 is 0. The summed E-state index contributed by atoms with van der Waals surface area (Å²) in [5.74, 6) is 2.48. The van der Waals surface area contributed by atoms with E-state index in [0.29, 0.717) is 6.54 Å². The molecule has 2 heterocycles. The second-order valence-electron chi connectivity index (χ2n) is 6.16. The largest absolute Gasteiger partial charge is 0.357 e. The number of hydrogen-bond donors (Lipinski definition) is 2. The van der Waals surface area contributed by atoms with E-state index in [1.807, 2.05) is 7.05 Å². The van der Waals surface area contributed by atoms with Gasteiger partial charge in [-0.05, 0) is 51.7 Å². The molecule has 0 amide bonds. The Morgan fingerprint density at radius 2 is 2.09 bits per heavy atom. The minimum atomic E-state index is 0.542. The van der Waals surface area contributed by atoms with Crippen molar-refractivity contribution in [2.24, 2.45) is 18.0 Å². The average Bonchev–Trinajstić information content (AvgIpc) is 2.97. The average molecular weight is 321 g/mol. The third-order valence-corrected chi connectivity index (χ3v) is 4.33. The smallest absolute Gasteiger partial charge is 0.191 e. The molecule has 0 saturated carbocycles. The fraction of sp³-hybridized carbons (Fsp3) is 0.812. The van der Waals surface area contributed by atoms with Crippen molar-refractivity contribution in [1.82, 2.24) is 30.3 Å². The van der Waals surface area contributed by atoms with Crippen LogP contribution in [0.25, 0.3) is 0 Å². The Labute approximate surface area is 139 Å². The molecule has 0 bridgehead atoms. The molecule has 0 unspecified atom stereocenters. The molecule has 1 aromatic rings. The number of aliphatic imine (C=N–C) groups is 1. The lowest BCUT2D eigenvalue weighted by molar-refractivity contribution is 0.185. The van der Waals surface area contributed by atoms with Crippen molar-refractivity contribution < 1.29 is 0 Å². The van der Waals surface area contributed by atoms with Gasteiger partial charge in [-0.15, -0.1) is 0 Å². The van der Waals surface area contributed by atoms with Crippen LogP contribution in [0.5, 0.6) is 0 Å². The predicted octanol–water partition coefficient (Wildman–Crippen LogP) is 0.992. The van der Waals surface area contributed by atoms with Crippen LogP contribution in [0, 0.1) is 5.92 Å². The summed E-state index contributed by atoms with van der Waals surface area (Å²) in [6.07, 6.45) is 5.36. The first kappa shape index (κ1) is 17.7. The molecule has 0 aromatic carbocycles. The summed E-state index contributed by atoms with van der Waals surface area (Å²) in [6, 6.07) is 0. The van der Waals surface area contributed by atoms with Crippen LogP contribution in [-0.4, -0.2) is 58.3 Å². The van der Waals surface area contributed by atoms with Crippen LogP contribution in [-0.2, 0) is 13.6 Å². The molecule has 0 atom stereocenters. The molecule has 2 rings (SSSR count). The van der Waals surface area contributed by atoms with E-state index in [-0.39, 0.29) is 0 Å². The van der Waals surface area contributed by atoms with E-state index >= 15 is 0 Å². The van der Waals surface area contributed by atoms with E-state index in [1.54, 1.807) is 11.0 Å². The van der Waals surface area contributed by atoms with Gasteiger partial charge in [0.2, 0.25) is 0 Å². The van der Waals surface area contributed by atoms with E-state index in [4.69, 9.17) is 0 Å². The van der Waals surface area contributed by atoms with E-state index in [9.17, 15) is 0 Å². The first-order valence-corrected chi connectivity index (χ1v) is 8.80. The van der Waals surface area contributed by atoms with Gasteiger partial charge in [-0.25, -0.2) is 9.98 Å². The standard InChI is InChI=1S/C16H31N7/c1-4-8-23-9-6-14(7-10-23)11-18-16(17-5-2)19-12-15-20-13-21-22(15)3/h13-14H,4-12H2,1-3H3,(H2,17,18,19). The zero-order chi connectivity index (χ0) is 16.5. The SMILES string of the molecule is CCCN1CCC(CNC(=NCc2ncnn2C)NCC)CC1. The number of hydrogen-bond acceptors (Lipinski definition) is 4. The fourth-order valence-electron chi connectivity index (χ4n) is 2.93. The van der Waals surface area contributed by atoms with Crippen LogP contribution in [0.3, 0.4) is 0 Å². The number of nitrogens with zero attached hydrogens (tertiary/aromatic N) is 5. The van der Waals surface area contributed by atoms with Gasteiger partial charge in [0.1, 0.15) is 18.7 Å². The van der Waals surface area contributed by atoms with Crippen molar-refractivity contribution in [2.45, 2.75) is 39.7 Å². The normalized spacial score (nSPS) is 17.4. The second-order valence-corrected chi connectivity index (χ2v) is 6.16. The van der Waals surface area contributed by atoms with Gasteiger partial charge in [-0.3, -0.25) is 4.68 Å². The number of aryl methyl sites for hydroxylation is 1. The maximum atomic E-state index is 4.61. The summed E-state index contributed by atoms with van der Waals surface area (Å²) in [5.41, 5.74) is 0. The maximum Gasteiger partial charge on any atom is 0.191 e. The summed E-state index contributed by atoms with van der Waals surface area (Å²) < 4.78 is 1.76. The first-order valence-electron chi connectivity index (χ1n) is 8.80. The molecule has 1 aromatic heterocycles. The molecular weight excluding hydrogens is 290 g/mol. The van der Waals surface area contributed by atoms with Crippen LogP contribution < -0.4 is 10.6 Å². The zero-order valence-electron chi connectivity index (χ0n) is 14.8. The van der Waals surface area contributed by atoms with E-state index in [0.717, 1.165) is 30.8 Å². The Hall–Kier alpha value is -1.63. The minimum Gasteiger partial charge on any atom is -0.357 e. The Morgan fingerprint density at radius 3 is 2.70 bits per heavy atom. The van der Waals surface area contributed by atoms with Crippen molar-refractivity contribution in [3.8, 4) is 0 Å². The lowest BCUT2D eigenvalue weighted by Crippen LogP contribution is -2.43. The van der Waals surface area contributed by atoms with E-state index < -0.39 is 0 Å². The van der Waals surface area contributed by atoms with Gasteiger partial charge in [0.15, 0.2) is 5.96 Å². The van der Waals surface area contributed by atoms with Crippen molar-refractivity contribution in [1.29, 1.82) is 0 Å². The Morgan fingerprint density at radius 1 is 1.30 bits per heavy atom. The van der Waals surface area contributed by atoms with Crippen LogP contribution in [0.1, 0.15) is 38.9 Å². The number of nitrogens with one attached hydrogen (secondary N) is 2. The van der Waals surface area contributed by atoms with Gasteiger partial charge < -0.3 is 15.5 Å². The van der Waals surface area contributed by atoms with E-state index in [1.165, 1.54) is 38.9 Å². The van der Waals surface area contributed by atoms with Gasteiger partial charge >= 0.3 is 0 Å². The maximum absolute atomic E-state index is 4.61. The van der Waals surface area contributed by atoms with E-state index in [2.05, 4.69) is 44.5 Å². The zero-order valence-corrected chi connectivity index (χ0v) is 14.8. The third kappa shape index (κ3) is 5.82. The van der Waals surface area contributed by atoms with Gasteiger partial charge in [-0.1, -0.05) is 6.92 Å². The number of piperidine rings is 1. The van der Waals surface area contributed by atoms with Crippen molar-refractivity contribution in [3.05, 3.63) is 12.2 Å². The predicted molar refractivity (Wildman–Crippen MR) is 93.3 cm³/mol. The molecule has 1 aliphatic rings. The number of rotatable bonds is 7. The molecule has 23 heavy (non-hydrogen) atoms. The molecule has 0 spiro atoms. The summed E-state index contributed by atoms with van der Waals surface area (Å²) in [7, 11) is 1.89. The Kier molecular flexibility index (Phi) is 7.32. The van der Waals surface area contributed by atoms with Crippen molar-refractivity contribution >= 4 is 5.96 Å². The summed E-state index contributed by atoms with van der Waals surface area (Å²) in [4.78, 5) is 11.4. The highest BCUT2D eigenvalue weighted by atomic mass is 15.3. The van der Waals surface area contributed by atoms with Crippen molar-refractivity contribution in [3.63, 3.8) is 0 Å². The van der Waals surface area contributed by atoms with Crippen LogP contribution >= 0.6 is 0 Å². The highest BCUT2D eigenvalue weighted by Crippen LogP contribution is 2.16. The topological polar surface area (TPSA) is 70.4 Å². The molecule has 0 radical (unpaired) electrons. The highest BCUT2D eigenvalue weighted by Gasteiger charge is 2.18. The van der Waals surface area contributed by atoms with Crippen LogP contribution in [0.15, 0.2) is 11.3 Å². The first-order chi connectivity index (χ1) is 11.2. The highest BCUT2D eigenvalue weighted by molar-refractivity contribution is 5.79. The molecule has 7 heteroatoms. The van der Waals surface area contributed by atoms with Crippen LogP contribution in [0.2, 0.25) is 0 Å². The molecule has 1 aliphatic heterocycles. The fourth-order valence-corrected chi connectivity index (χ4v) is 2.93. The Bertz CT molecular complexity index is 475. The van der Waals surface area contributed by atoms with Gasteiger partial charge in [0, 0.05) is 20.1 Å². The van der Waals surface area contributed by atoms with Gasteiger partial charge in [0.25, 0.3) is 0 Å². The molecule has 130 valence electrons. The number of guanidine groups is 1.